The smallest absolute Gasteiger partial charge is 0.378 e. The van der Waals surface area contributed by atoms with Crippen molar-refractivity contribution in [2.24, 2.45) is 0 Å². The molecular weight excluding hydrogens is 354 g/mol. The fourth-order valence-corrected chi connectivity index (χ4v) is 1.10. The topological polar surface area (TPSA) is 26.3 Å². The zero-order valence-electron chi connectivity index (χ0n) is 11.2. The highest BCUT2D eigenvalue weighted by Gasteiger charge is 2.70. The Kier molecular flexibility index (Phi) is 6.91. The Balaban J connectivity index is 5.35. The molecule has 0 aromatic rings. The molecule has 0 fully saturated rings. The van der Waals surface area contributed by atoms with E-state index in [9.17, 15) is 48.7 Å². The van der Waals surface area contributed by atoms with Gasteiger partial charge in [-0.25, -0.2) is 26.7 Å². The van der Waals surface area contributed by atoms with Gasteiger partial charge < -0.3 is 4.74 Å². The summed E-state index contributed by atoms with van der Waals surface area (Å²) in [7, 11) is 0. The van der Waals surface area contributed by atoms with Crippen LogP contribution in [0.25, 0.3) is 0 Å². The molecule has 0 saturated carbocycles. The molecule has 0 heterocycles. The third kappa shape index (κ3) is 4.50. The van der Waals surface area contributed by atoms with Crippen molar-refractivity contribution in [2.75, 3.05) is 0 Å². The molecule has 0 aromatic heterocycles. The van der Waals surface area contributed by atoms with E-state index < -0.39 is 54.7 Å². The van der Waals surface area contributed by atoms with Crippen LogP contribution in [0.1, 0.15) is 6.92 Å². The van der Waals surface area contributed by atoms with E-state index in [-0.39, 0.29) is 0 Å². The van der Waals surface area contributed by atoms with Crippen molar-refractivity contribution in [1.29, 1.82) is 0 Å². The predicted molar refractivity (Wildman–Crippen MR) is 56.4 cm³/mol. The van der Waals surface area contributed by atoms with Crippen LogP contribution in [-0.2, 0) is 9.53 Å². The lowest BCUT2D eigenvalue weighted by atomic mass is 10.00. The zero-order valence-corrected chi connectivity index (χ0v) is 11.2. The van der Waals surface area contributed by atoms with Crippen LogP contribution >= 0.6 is 0 Å². The summed E-state index contributed by atoms with van der Waals surface area (Å²) in [6.07, 6.45) is -22.1. The molecule has 0 radical (unpaired) electrons. The van der Waals surface area contributed by atoms with Gasteiger partial charge in [0.25, 0.3) is 6.43 Å². The summed E-state index contributed by atoms with van der Waals surface area (Å²) >= 11 is 0. The number of rotatable bonds is 8. The Morgan fingerprint density at radius 2 is 1.35 bits per heavy atom. The Morgan fingerprint density at radius 1 is 0.913 bits per heavy atom. The first-order chi connectivity index (χ1) is 10.2. The molecule has 0 N–H and O–H groups in total. The van der Waals surface area contributed by atoms with Gasteiger partial charge in [-0.15, -0.1) is 0 Å². The Bertz CT molecular complexity index is 439. The molecule has 0 aliphatic rings. The molecule has 0 spiro atoms. The normalized spacial score (nSPS) is 18.3. The summed E-state index contributed by atoms with van der Waals surface area (Å²) in [5.74, 6) is -14.3. The maximum Gasteiger partial charge on any atom is 0.378 e. The van der Waals surface area contributed by atoms with Crippen molar-refractivity contribution >= 4 is 5.97 Å². The highest BCUT2D eigenvalue weighted by molar-refractivity contribution is 5.87. The lowest BCUT2D eigenvalue weighted by Gasteiger charge is -2.32. The fourth-order valence-electron chi connectivity index (χ4n) is 1.10. The number of hydrogen-bond acceptors (Lipinski definition) is 2. The molecular formula is C11H10F10O2. The molecule has 0 aliphatic carbocycles. The first-order valence-electron chi connectivity index (χ1n) is 5.64. The van der Waals surface area contributed by atoms with Gasteiger partial charge in [0, 0.05) is 5.57 Å². The minimum absolute atomic E-state index is 0.687. The maximum atomic E-state index is 13.1. The molecule has 12 heteroatoms. The lowest BCUT2D eigenvalue weighted by molar-refractivity contribution is -0.310. The molecule has 2 nitrogen and oxygen atoms in total. The highest BCUT2D eigenvalue weighted by Crippen LogP contribution is 2.44. The van der Waals surface area contributed by atoms with Gasteiger partial charge in [-0.2, -0.15) is 22.0 Å². The number of halogens is 10. The van der Waals surface area contributed by atoms with Gasteiger partial charge >= 0.3 is 24.2 Å². The SMILES string of the molecule is C=C(C)C(=O)OC(F)C(F)(F)C(F)(F)C(F)C(F)C(F)C(F)F. The van der Waals surface area contributed by atoms with Crippen molar-refractivity contribution in [1.82, 2.24) is 0 Å². The second-order valence-corrected chi connectivity index (χ2v) is 4.37. The average Bonchev–Trinajstić information content (AvgIpc) is 2.43. The standard InChI is InChI=1S/C11H10F10O2/c1-3(2)8(22)23-9(17)11(20,21)10(18,19)6(14)4(12)5(13)7(15)16/h4-7,9H,1H2,2H3. The van der Waals surface area contributed by atoms with E-state index in [4.69, 9.17) is 0 Å². The van der Waals surface area contributed by atoms with Gasteiger partial charge in [0.1, 0.15) is 0 Å². The van der Waals surface area contributed by atoms with E-state index in [1.165, 1.54) is 0 Å². The second kappa shape index (κ2) is 7.39. The third-order valence-electron chi connectivity index (χ3n) is 2.46. The van der Waals surface area contributed by atoms with Crippen molar-refractivity contribution in [2.45, 2.75) is 50.1 Å². The molecule has 0 rings (SSSR count). The van der Waals surface area contributed by atoms with E-state index in [0.29, 0.717) is 0 Å². The second-order valence-electron chi connectivity index (χ2n) is 4.37. The van der Waals surface area contributed by atoms with Crippen molar-refractivity contribution in [3.05, 3.63) is 12.2 Å². The number of esters is 1. The van der Waals surface area contributed by atoms with E-state index in [1.807, 2.05) is 0 Å². The van der Waals surface area contributed by atoms with Crippen LogP contribution in [0.2, 0.25) is 0 Å². The van der Waals surface area contributed by atoms with Crippen LogP contribution < -0.4 is 0 Å². The molecule has 0 aromatic carbocycles. The summed E-state index contributed by atoms with van der Waals surface area (Å²) in [6.45, 7) is 3.65. The quantitative estimate of drug-likeness (QED) is 0.370. The van der Waals surface area contributed by atoms with E-state index in [2.05, 4.69) is 11.3 Å². The van der Waals surface area contributed by atoms with Crippen LogP contribution in [0, 0.1) is 0 Å². The summed E-state index contributed by atoms with van der Waals surface area (Å²) in [4.78, 5) is 10.8. The van der Waals surface area contributed by atoms with Crippen molar-refractivity contribution in [3.63, 3.8) is 0 Å². The van der Waals surface area contributed by atoms with Crippen LogP contribution in [0.3, 0.4) is 0 Å². The molecule has 0 aliphatic heterocycles. The Hall–Kier alpha value is -1.49. The van der Waals surface area contributed by atoms with Gasteiger partial charge in [0.05, 0.1) is 0 Å². The van der Waals surface area contributed by atoms with E-state index in [0.717, 1.165) is 6.92 Å². The summed E-state index contributed by atoms with van der Waals surface area (Å²) < 4.78 is 131. The molecule has 23 heavy (non-hydrogen) atoms. The van der Waals surface area contributed by atoms with Crippen LogP contribution in [0.4, 0.5) is 43.9 Å². The van der Waals surface area contributed by atoms with Crippen molar-refractivity contribution in [3.8, 4) is 0 Å². The predicted octanol–water partition coefficient (Wildman–Crippen LogP) is 3.95. The zero-order chi connectivity index (χ0) is 18.7. The van der Waals surface area contributed by atoms with Gasteiger partial charge in [0.2, 0.25) is 6.17 Å². The van der Waals surface area contributed by atoms with Crippen LogP contribution in [0.15, 0.2) is 12.2 Å². The Labute approximate surface area is 123 Å². The van der Waals surface area contributed by atoms with Crippen LogP contribution in [0.5, 0.6) is 0 Å². The average molecular weight is 364 g/mol. The first kappa shape index (κ1) is 21.5. The number of carbonyl (C=O) groups is 1. The minimum atomic E-state index is -6.29. The molecule has 0 amide bonds. The van der Waals surface area contributed by atoms with Crippen LogP contribution in [-0.4, -0.2) is 49.1 Å². The minimum Gasteiger partial charge on any atom is -0.421 e. The van der Waals surface area contributed by atoms with Gasteiger partial charge in [0.15, 0.2) is 12.3 Å². The highest BCUT2D eigenvalue weighted by atomic mass is 19.3. The maximum absolute atomic E-state index is 13.1. The summed E-state index contributed by atoms with van der Waals surface area (Å²) in [5, 5.41) is 0. The fraction of sp³-hybridized carbons (Fsp3) is 0.727. The lowest BCUT2D eigenvalue weighted by Crippen LogP contribution is -2.58. The summed E-state index contributed by atoms with van der Waals surface area (Å²) in [5.41, 5.74) is -0.687. The Morgan fingerprint density at radius 3 is 1.70 bits per heavy atom. The van der Waals surface area contributed by atoms with E-state index >= 15 is 0 Å². The summed E-state index contributed by atoms with van der Waals surface area (Å²) in [6, 6.07) is 0. The number of alkyl halides is 10. The van der Waals surface area contributed by atoms with Crippen molar-refractivity contribution < 1.29 is 53.4 Å². The van der Waals surface area contributed by atoms with Gasteiger partial charge in [-0.05, 0) is 6.92 Å². The van der Waals surface area contributed by atoms with Gasteiger partial charge in [-0.1, -0.05) is 6.58 Å². The number of hydrogen-bond donors (Lipinski definition) is 0. The third-order valence-corrected chi connectivity index (χ3v) is 2.46. The first-order valence-corrected chi connectivity index (χ1v) is 5.64. The molecule has 4 unspecified atom stereocenters. The monoisotopic (exact) mass is 364 g/mol. The molecule has 4 atom stereocenters. The van der Waals surface area contributed by atoms with E-state index in [1.54, 1.807) is 0 Å². The molecule has 136 valence electrons. The molecule has 0 bridgehead atoms. The molecule has 0 saturated heterocycles. The van der Waals surface area contributed by atoms with Gasteiger partial charge in [-0.3, -0.25) is 0 Å². The number of ether oxygens (including phenoxy) is 1. The number of carbonyl (C=O) groups excluding carboxylic acids is 1. The largest absolute Gasteiger partial charge is 0.421 e.